The molecule has 0 aliphatic rings. The molecule has 1 unspecified atom stereocenters. The summed E-state index contributed by atoms with van der Waals surface area (Å²) in [6, 6.07) is 5.89. The van der Waals surface area contributed by atoms with Crippen LogP contribution in [0.4, 0.5) is 0 Å². The van der Waals surface area contributed by atoms with Gasteiger partial charge in [0.2, 0.25) is 10.5 Å². The van der Waals surface area contributed by atoms with E-state index in [4.69, 9.17) is 4.55 Å². The number of fused-ring (bicyclic) bond motifs is 1. The van der Waals surface area contributed by atoms with Gasteiger partial charge in [0.05, 0.1) is 10.1 Å². The molecule has 0 bridgehead atoms. The normalized spacial score (nSPS) is 13.9. The molecule has 104 valence electrons. The van der Waals surface area contributed by atoms with Gasteiger partial charge in [-0.1, -0.05) is 17.4 Å². The van der Waals surface area contributed by atoms with Gasteiger partial charge >= 0.3 is 0 Å². The summed E-state index contributed by atoms with van der Waals surface area (Å²) < 4.78 is 34.3. The van der Waals surface area contributed by atoms with Crippen LogP contribution < -0.4 is 4.57 Å². The van der Waals surface area contributed by atoms with Crippen LogP contribution in [0, 0.1) is 6.92 Å². The van der Waals surface area contributed by atoms with Gasteiger partial charge in [0.15, 0.2) is 6.54 Å². The molecule has 2 aromatic rings. The van der Waals surface area contributed by atoms with E-state index in [0.717, 1.165) is 20.1 Å². The fourth-order valence-corrected chi connectivity index (χ4v) is 3.85. The summed E-state index contributed by atoms with van der Waals surface area (Å²) in [5, 5.41) is 0.334. The number of aromatic nitrogens is 1. The van der Waals surface area contributed by atoms with E-state index in [1.165, 1.54) is 6.92 Å². The molecule has 2 rings (SSSR count). The van der Waals surface area contributed by atoms with Gasteiger partial charge in [0, 0.05) is 13.3 Å². The lowest BCUT2D eigenvalue weighted by Gasteiger charge is -2.05. The molecule has 0 saturated heterocycles. The first-order valence-corrected chi connectivity index (χ1v) is 8.64. The van der Waals surface area contributed by atoms with Gasteiger partial charge in [0.25, 0.3) is 10.1 Å². The van der Waals surface area contributed by atoms with Crippen molar-refractivity contribution in [2.45, 2.75) is 37.0 Å². The zero-order valence-electron chi connectivity index (χ0n) is 10.7. The molecule has 1 aromatic heterocycles. The van der Waals surface area contributed by atoms with Gasteiger partial charge in [0.1, 0.15) is 4.70 Å². The summed E-state index contributed by atoms with van der Waals surface area (Å²) in [6.07, 6.45) is 0.373. The van der Waals surface area contributed by atoms with Crippen molar-refractivity contribution in [2.75, 3.05) is 0 Å². The fourth-order valence-electron chi connectivity index (χ4n) is 1.97. The molecule has 0 saturated carbocycles. The summed E-state index contributed by atoms with van der Waals surface area (Å²) in [4.78, 5) is 0.876. The first-order chi connectivity index (χ1) is 8.80. The lowest BCUT2D eigenvalue weighted by molar-refractivity contribution is -0.674. The smallest absolute Gasteiger partial charge is 0.267 e. The first kappa shape index (κ1) is 14.8. The Balaban J connectivity index is 2.33. The van der Waals surface area contributed by atoms with Crippen LogP contribution in [-0.4, -0.2) is 18.2 Å². The average Bonchev–Trinajstić information content (AvgIpc) is 2.62. The third kappa shape index (κ3) is 3.10. The van der Waals surface area contributed by atoms with Crippen LogP contribution in [0.5, 0.6) is 0 Å². The number of thiazole rings is 1. The highest BCUT2D eigenvalue weighted by Crippen LogP contribution is 2.25. The Kier molecular flexibility index (Phi) is 4.20. The van der Waals surface area contributed by atoms with Gasteiger partial charge in [-0.25, -0.2) is 0 Å². The summed E-state index contributed by atoms with van der Waals surface area (Å²) in [5.74, 6) is 0. The minimum absolute atomic E-state index is 0.373. The predicted octanol–water partition coefficient (Wildman–Crippen LogP) is 2.45. The molecule has 0 aliphatic carbocycles. The lowest BCUT2D eigenvalue weighted by atomic mass is 10.3. The molecule has 1 heterocycles. The van der Waals surface area contributed by atoms with E-state index in [1.807, 2.05) is 25.1 Å². The lowest BCUT2D eigenvalue weighted by Crippen LogP contribution is -2.37. The third-order valence-electron chi connectivity index (χ3n) is 3.15. The number of rotatable bonds is 4. The van der Waals surface area contributed by atoms with Gasteiger partial charge in [-0.2, -0.15) is 13.0 Å². The molecule has 1 atom stereocenters. The first-order valence-electron chi connectivity index (χ1n) is 5.88. The molecule has 19 heavy (non-hydrogen) atoms. The molecule has 0 spiro atoms. The highest BCUT2D eigenvalue weighted by molar-refractivity contribution is 7.86. The number of hydrogen-bond donors (Lipinski definition) is 2. The number of benzene rings is 1. The largest absolute Gasteiger partial charge is 0.285 e. The van der Waals surface area contributed by atoms with Gasteiger partial charge in [-0.3, -0.25) is 4.55 Å². The average molecular weight is 318 g/mol. The second-order valence-corrected chi connectivity index (χ2v) is 8.06. The van der Waals surface area contributed by atoms with Crippen LogP contribution in [0.1, 0.15) is 18.4 Å². The number of para-hydroxylation sites is 1. The van der Waals surface area contributed by atoms with Crippen molar-refractivity contribution in [3.8, 4) is 0 Å². The molecular formula is C12H16NO3S3+. The zero-order valence-corrected chi connectivity index (χ0v) is 13.2. The topological polar surface area (TPSA) is 58.2 Å². The van der Waals surface area contributed by atoms with Crippen molar-refractivity contribution in [2.24, 2.45) is 0 Å². The van der Waals surface area contributed by atoms with Crippen molar-refractivity contribution in [1.82, 2.24) is 0 Å². The minimum Gasteiger partial charge on any atom is -0.285 e. The number of hydrogen-bond acceptors (Lipinski definition) is 4. The highest BCUT2D eigenvalue weighted by Gasteiger charge is 2.23. The van der Waals surface area contributed by atoms with Gasteiger partial charge in [-0.15, -0.1) is 12.6 Å². The number of aryl methyl sites for hydroxylation is 2. The Hall–Kier alpha value is -0.630. The third-order valence-corrected chi connectivity index (χ3v) is 5.83. The van der Waals surface area contributed by atoms with Gasteiger partial charge < -0.3 is 0 Å². The predicted molar refractivity (Wildman–Crippen MR) is 79.6 cm³/mol. The minimum atomic E-state index is -3.96. The summed E-state index contributed by atoms with van der Waals surface area (Å²) in [7, 11) is -3.96. The fraction of sp³-hybridized carbons (Fsp3) is 0.417. The second-order valence-electron chi connectivity index (χ2n) is 4.51. The Morgan fingerprint density at radius 1 is 1.47 bits per heavy atom. The quantitative estimate of drug-likeness (QED) is 0.517. The van der Waals surface area contributed by atoms with E-state index in [-0.39, 0.29) is 0 Å². The molecule has 0 fully saturated rings. The summed E-state index contributed by atoms with van der Waals surface area (Å²) >= 11 is 6.11. The Labute approximate surface area is 122 Å². The summed E-state index contributed by atoms with van der Waals surface area (Å²) in [5.41, 5.74) is 1.02. The van der Waals surface area contributed by atoms with Crippen molar-refractivity contribution < 1.29 is 17.5 Å². The molecule has 1 N–H and O–H groups in total. The van der Waals surface area contributed by atoms with Crippen molar-refractivity contribution in [3.63, 3.8) is 0 Å². The highest BCUT2D eigenvalue weighted by atomic mass is 32.2. The van der Waals surface area contributed by atoms with Crippen LogP contribution in [0.25, 0.3) is 10.2 Å². The molecule has 0 amide bonds. The van der Waals surface area contributed by atoms with E-state index >= 15 is 0 Å². The maximum Gasteiger partial charge on any atom is 0.267 e. The Morgan fingerprint density at radius 3 is 2.79 bits per heavy atom. The van der Waals surface area contributed by atoms with Crippen LogP contribution in [0.3, 0.4) is 0 Å². The molecule has 7 heteroatoms. The van der Waals surface area contributed by atoms with Crippen LogP contribution in [0.2, 0.25) is 0 Å². The number of thiol groups is 1. The monoisotopic (exact) mass is 318 g/mol. The van der Waals surface area contributed by atoms with Crippen molar-refractivity contribution in [1.29, 1.82) is 0 Å². The van der Waals surface area contributed by atoms with E-state index in [1.54, 1.807) is 11.3 Å². The SMILES string of the molecule is Cc1sc2cccc(S)c2[n+]1CCC(C)S(=O)(=O)O. The Bertz CT molecular complexity index is 706. The molecule has 0 aliphatic heterocycles. The van der Waals surface area contributed by atoms with E-state index in [2.05, 4.69) is 17.2 Å². The van der Waals surface area contributed by atoms with Gasteiger partial charge in [-0.05, 0) is 19.1 Å². The Morgan fingerprint density at radius 2 is 2.16 bits per heavy atom. The van der Waals surface area contributed by atoms with E-state index in [9.17, 15) is 8.42 Å². The van der Waals surface area contributed by atoms with Crippen molar-refractivity contribution in [3.05, 3.63) is 23.2 Å². The second kappa shape index (κ2) is 5.40. The molecule has 4 nitrogen and oxygen atoms in total. The van der Waals surface area contributed by atoms with Crippen molar-refractivity contribution >= 4 is 44.3 Å². The maximum atomic E-state index is 11.0. The summed E-state index contributed by atoms with van der Waals surface area (Å²) in [6.45, 7) is 4.06. The maximum absolute atomic E-state index is 11.0. The molecule has 0 radical (unpaired) electrons. The van der Waals surface area contributed by atoms with E-state index in [0.29, 0.717) is 13.0 Å². The molecular weight excluding hydrogens is 302 g/mol. The van der Waals surface area contributed by atoms with E-state index < -0.39 is 15.4 Å². The number of nitrogens with zero attached hydrogens (tertiary/aromatic N) is 1. The van der Waals surface area contributed by atoms with Crippen LogP contribution >= 0.6 is 24.0 Å². The molecule has 1 aromatic carbocycles. The van der Waals surface area contributed by atoms with Crippen LogP contribution in [-0.2, 0) is 16.7 Å². The standard InChI is InChI=1S/C12H15NO3S3/c1-8(19(14,15)16)6-7-13-9(2)18-11-5-3-4-10(17)12(11)13/h3-5,8H,6-7H2,1-2H3,(H-,14,15,16,17)/p+1. The van der Waals surface area contributed by atoms with Crippen LogP contribution in [0.15, 0.2) is 23.1 Å². The zero-order chi connectivity index (χ0) is 14.2.